The summed E-state index contributed by atoms with van der Waals surface area (Å²) in [7, 11) is 1.58. The van der Waals surface area contributed by atoms with Crippen molar-refractivity contribution in [2.45, 2.75) is 51.0 Å². The molecule has 22 heavy (non-hydrogen) atoms. The Balaban J connectivity index is 2.19. The van der Waals surface area contributed by atoms with Crippen LogP contribution in [-0.2, 0) is 14.4 Å². The minimum absolute atomic E-state index is 0.00417. The maximum Gasteiger partial charge on any atom is 0.318 e. The summed E-state index contributed by atoms with van der Waals surface area (Å²) >= 11 is 0. The van der Waals surface area contributed by atoms with Crippen molar-refractivity contribution in [3.63, 3.8) is 0 Å². The highest BCUT2D eigenvalue weighted by Crippen LogP contribution is 2.37. The van der Waals surface area contributed by atoms with E-state index in [0.29, 0.717) is 13.0 Å². The number of quaternary nitrogens is 1. The zero-order valence-electron chi connectivity index (χ0n) is 13.1. The Morgan fingerprint density at radius 3 is 2.45 bits per heavy atom. The molecular weight excluding hydrogens is 286 g/mol. The Bertz CT molecular complexity index is 448. The molecule has 2 atom stereocenters. The molecule has 2 aliphatic rings. The first-order valence-electron chi connectivity index (χ1n) is 8.08. The molecule has 1 aliphatic carbocycles. The molecule has 0 aromatic rings. The molecule has 7 heteroatoms. The number of nitrogens with zero attached hydrogens (tertiary/aromatic N) is 1. The smallest absolute Gasteiger partial charge is 0.318 e. The Hall–Kier alpha value is -1.47. The van der Waals surface area contributed by atoms with Gasteiger partial charge in [-0.15, -0.1) is 0 Å². The van der Waals surface area contributed by atoms with E-state index in [1.54, 1.807) is 12.5 Å². The fraction of sp³-hybridized carbons (Fsp3) is 0.800. The maximum atomic E-state index is 13.0. The van der Waals surface area contributed by atoms with Crippen LogP contribution in [0.15, 0.2) is 0 Å². The highest BCUT2D eigenvalue weighted by molar-refractivity contribution is 5.85. The van der Waals surface area contributed by atoms with Crippen LogP contribution < -0.4 is 10.8 Å². The van der Waals surface area contributed by atoms with E-state index in [1.165, 1.54) is 6.42 Å². The molecule has 1 saturated heterocycles. The molecule has 1 saturated carbocycles. The SMILES string of the molecule is CNC(=O)C[N+]1(C2CCCCC2)CCC(CC(=O)NO)C1=O. The maximum absolute atomic E-state index is 13.0. The summed E-state index contributed by atoms with van der Waals surface area (Å²) in [6.45, 7) is 0.775. The monoisotopic (exact) mass is 312 g/mol. The zero-order chi connectivity index (χ0) is 16.2. The van der Waals surface area contributed by atoms with E-state index in [4.69, 9.17) is 5.21 Å². The Morgan fingerprint density at radius 1 is 1.18 bits per heavy atom. The predicted molar refractivity (Wildman–Crippen MR) is 78.6 cm³/mol. The first kappa shape index (κ1) is 16.9. The Labute approximate surface area is 130 Å². The molecule has 2 unspecified atom stereocenters. The van der Waals surface area contributed by atoms with Crippen molar-refractivity contribution < 1.29 is 24.1 Å². The minimum Gasteiger partial charge on any atom is -0.354 e. The number of likely N-dealkylation sites (N-methyl/N-ethyl adjacent to an activating group) is 1. The lowest BCUT2D eigenvalue weighted by Crippen LogP contribution is -2.61. The number of amides is 3. The van der Waals surface area contributed by atoms with E-state index in [0.717, 1.165) is 25.7 Å². The average Bonchev–Trinajstić information content (AvgIpc) is 2.85. The van der Waals surface area contributed by atoms with Gasteiger partial charge in [-0.05, 0) is 25.7 Å². The standard InChI is InChI=1S/C15H25N3O4/c1-16-14(20)10-18(12-5-3-2-4-6-12)8-7-11(15(18)21)9-13(19)17-22/h11-12H,2-10H2,1H3,(H2-,16,17,19,20,22)/p+1. The molecule has 0 bridgehead atoms. The average molecular weight is 312 g/mol. The van der Waals surface area contributed by atoms with Gasteiger partial charge in [-0.1, -0.05) is 6.42 Å². The van der Waals surface area contributed by atoms with Crippen molar-refractivity contribution in [1.29, 1.82) is 0 Å². The first-order chi connectivity index (χ1) is 10.5. The van der Waals surface area contributed by atoms with Crippen molar-refractivity contribution in [1.82, 2.24) is 10.8 Å². The molecule has 124 valence electrons. The van der Waals surface area contributed by atoms with Gasteiger partial charge in [0.25, 0.3) is 5.91 Å². The molecule has 0 aromatic carbocycles. The number of carbonyl (C=O) groups is 3. The second kappa shape index (κ2) is 7.19. The van der Waals surface area contributed by atoms with E-state index < -0.39 is 11.8 Å². The number of hydrogen-bond donors (Lipinski definition) is 3. The fourth-order valence-corrected chi connectivity index (χ4v) is 4.00. The summed E-state index contributed by atoms with van der Waals surface area (Å²) in [4.78, 5) is 36.3. The first-order valence-corrected chi connectivity index (χ1v) is 8.08. The highest BCUT2D eigenvalue weighted by atomic mass is 16.5. The van der Waals surface area contributed by atoms with Crippen LogP contribution in [0.1, 0.15) is 44.9 Å². The van der Waals surface area contributed by atoms with E-state index in [2.05, 4.69) is 5.32 Å². The van der Waals surface area contributed by atoms with E-state index in [9.17, 15) is 14.4 Å². The van der Waals surface area contributed by atoms with Gasteiger partial charge in [0.05, 0.1) is 18.5 Å². The van der Waals surface area contributed by atoms with E-state index in [-0.39, 0.29) is 35.3 Å². The van der Waals surface area contributed by atoms with Crippen molar-refractivity contribution in [2.24, 2.45) is 5.92 Å². The van der Waals surface area contributed by atoms with Crippen LogP contribution in [0, 0.1) is 5.92 Å². The van der Waals surface area contributed by atoms with Crippen LogP contribution in [0.2, 0.25) is 0 Å². The lowest BCUT2D eigenvalue weighted by Gasteiger charge is -2.40. The fourth-order valence-electron chi connectivity index (χ4n) is 4.00. The summed E-state index contributed by atoms with van der Waals surface area (Å²) in [5, 5.41) is 11.3. The minimum atomic E-state index is -0.540. The predicted octanol–water partition coefficient (Wildman–Crippen LogP) is 0.324. The third-order valence-electron chi connectivity index (χ3n) is 5.20. The number of rotatable bonds is 5. The van der Waals surface area contributed by atoms with Crippen molar-refractivity contribution >= 4 is 17.7 Å². The van der Waals surface area contributed by atoms with Gasteiger partial charge in [0.15, 0.2) is 6.54 Å². The molecule has 3 amide bonds. The zero-order valence-corrected chi connectivity index (χ0v) is 13.1. The number of nitrogens with one attached hydrogen (secondary N) is 2. The second-order valence-electron chi connectivity index (χ2n) is 6.44. The third kappa shape index (κ3) is 3.30. The summed E-state index contributed by atoms with van der Waals surface area (Å²) < 4.78 is 0.184. The van der Waals surface area contributed by atoms with Gasteiger partial charge in [0.2, 0.25) is 5.91 Å². The molecule has 0 aromatic heterocycles. The van der Waals surface area contributed by atoms with Crippen LogP contribution in [0.4, 0.5) is 0 Å². The quantitative estimate of drug-likeness (QED) is 0.387. The summed E-state index contributed by atoms with van der Waals surface area (Å²) in [5.41, 5.74) is 1.59. The van der Waals surface area contributed by atoms with Crippen LogP contribution in [0.3, 0.4) is 0 Å². The largest absolute Gasteiger partial charge is 0.354 e. The van der Waals surface area contributed by atoms with Gasteiger partial charge in [0.1, 0.15) is 0 Å². The molecule has 0 radical (unpaired) electrons. The number of carbonyl (C=O) groups excluding carboxylic acids is 3. The van der Waals surface area contributed by atoms with Gasteiger partial charge in [-0.3, -0.25) is 19.3 Å². The lowest BCUT2D eigenvalue weighted by molar-refractivity contribution is -0.866. The summed E-state index contributed by atoms with van der Waals surface area (Å²) in [5.74, 6) is -1.09. The van der Waals surface area contributed by atoms with Gasteiger partial charge >= 0.3 is 5.91 Å². The third-order valence-corrected chi connectivity index (χ3v) is 5.20. The molecule has 1 heterocycles. The number of likely N-dealkylation sites (tertiary alicyclic amines) is 1. The normalized spacial score (nSPS) is 29.4. The molecule has 3 N–H and O–H groups in total. The molecular formula is C15H26N3O4+. The topological polar surface area (TPSA) is 95.5 Å². The molecule has 1 aliphatic heterocycles. The van der Waals surface area contributed by atoms with Gasteiger partial charge in [-0.2, -0.15) is 0 Å². The van der Waals surface area contributed by atoms with Crippen LogP contribution >= 0.6 is 0 Å². The van der Waals surface area contributed by atoms with E-state index >= 15 is 0 Å². The van der Waals surface area contributed by atoms with Crippen molar-refractivity contribution in [3.05, 3.63) is 0 Å². The van der Waals surface area contributed by atoms with Gasteiger partial charge < -0.3 is 5.32 Å². The van der Waals surface area contributed by atoms with Crippen molar-refractivity contribution in [2.75, 3.05) is 20.1 Å². The lowest BCUT2D eigenvalue weighted by atomic mass is 9.92. The molecule has 0 spiro atoms. The van der Waals surface area contributed by atoms with Gasteiger partial charge in [-0.25, -0.2) is 10.3 Å². The van der Waals surface area contributed by atoms with Crippen LogP contribution in [0.5, 0.6) is 0 Å². The molecule has 2 fully saturated rings. The highest BCUT2D eigenvalue weighted by Gasteiger charge is 2.53. The second-order valence-corrected chi connectivity index (χ2v) is 6.44. The summed E-state index contributed by atoms with van der Waals surface area (Å²) in [6.07, 6.45) is 5.88. The van der Waals surface area contributed by atoms with Crippen molar-refractivity contribution in [3.8, 4) is 0 Å². The summed E-state index contributed by atoms with van der Waals surface area (Å²) in [6, 6.07) is 0.181. The Morgan fingerprint density at radius 2 is 1.86 bits per heavy atom. The van der Waals surface area contributed by atoms with Crippen LogP contribution in [0.25, 0.3) is 0 Å². The van der Waals surface area contributed by atoms with Gasteiger partial charge in [0, 0.05) is 19.9 Å². The van der Waals surface area contributed by atoms with E-state index in [1.807, 2.05) is 0 Å². The molecule has 2 rings (SSSR count). The molecule has 7 nitrogen and oxygen atoms in total. The number of hydrogen-bond acceptors (Lipinski definition) is 4. The van der Waals surface area contributed by atoms with Crippen LogP contribution in [-0.4, -0.2) is 53.6 Å². The number of hydroxylamine groups is 1. The Kier molecular flexibility index (Phi) is 5.52.